The van der Waals surface area contributed by atoms with Crippen molar-refractivity contribution in [2.24, 2.45) is 5.92 Å². The van der Waals surface area contributed by atoms with Crippen molar-refractivity contribution in [1.29, 1.82) is 0 Å². The Labute approximate surface area is 151 Å². The van der Waals surface area contributed by atoms with E-state index in [4.69, 9.17) is 5.73 Å². The first-order valence-corrected chi connectivity index (χ1v) is 9.27. The molecule has 0 spiro atoms. The number of H-pyrrole nitrogens is 1. The molecule has 3 N–H and O–H groups in total. The SMILES string of the molecule is Nc1ncnc2c1ccn2[C@H]1CC[C@@H](CCc2ccc3nc[nH]c3c2)C1. The van der Waals surface area contributed by atoms with Crippen molar-refractivity contribution in [2.75, 3.05) is 5.73 Å². The van der Waals surface area contributed by atoms with E-state index >= 15 is 0 Å². The van der Waals surface area contributed by atoms with Gasteiger partial charge in [-0.2, -0.15) is 0 Å². The van der Waals surface area contributed by atoms with Crippen molar-refractivity contribution >= 4 is 27.9 Å². The summed E-state index contributed by atoms with van der Waals surface area (Å²) in [5.41, 5.74) is 10.5. The number of benzene rings is 1. The van der Waals surface area contributed by atoms with Crippen molar-refractivity contribution in [3.8, 4) is 0 Å². The molecule has 0 aliphatic heterocycles. The summed E-state index contributed by atoms with van der Waals surface area (Å²) in [6.45, 7) is 0. The molecule has 1 aliphatic carbocycles. The van der Waals surface area contributed by atoms with Gasteiger partial charge in [-0.15, -0.1) is 0 Å². The molecule has 1 aromatic carbocycles. The van der Waals surface area contributed by atoms with Crippen LogP contribution in [0.5, 0.6) is 0 Å². The fraction of sp³-hybridized carbons (Fsp3) is 0.350. The van der Waals surface area contributed by atoms with E-state index in [9.17, 15) is 0 Å². The van der Waals surface area contributed by atoms with E-state index in [1.165, 1.54) is 31.2 Å². The van der Waals surface area contributed by atoms with Crippen LogP contribution in [0.4, 0.5) is 5.82 Å². The van der Waals surface area contributed by atoms with Crippen LogP contribution in [0, 0.1) is 5.92 Å². The third-order valence-electron chi connectivity index (χ3n) is 5.77. The number of nitrogens with one attached hydrogen (secondary N) is 1. The van der Waals surface area contributed by atoms with Gasteiger partial charge in [0.05, 0.1) is 22.7 Å². The van der Waals surface area contributed by atoms with Crippen molar-refractivity contribution in [3.05, 3.63) is 48.7 Å². The van der Waals surface area contributed by atoms with Crippen LogP contribution in [-0.2, 0) is 6.42 Å². The zero-order chi connectivity index (χ0) is 17.5. The highest BCUT2D eigenvalue weighted by Gasteiger charge is 2.27. The molecule has 2 atom stereocenters. The van der Waals surface area contributed by atoms with Crippen LogP contribution >= 0.6 is 0 Å². The number of imidazole rings is 1. The summed E-state index contributed by atoms with van der Waals surface area (Å²) in [7, 11) is 0. The summed E-state index contributed by atoms with van der Waals surface area (Å²) >= 11 is 0. The highest BCUT2D eigenvalue weighted by atomic mass is 15.1. The number of anilines is 1. The van der Waals surface area contributed by atoms with Gasteiger partial charge in [-0.3, -0.25) is 0 Å². The van der Waals surface area contributed by atoms with E-state index in [2.05, 4.69) is 48.9 Å². The summed E-state index contributed by atoms with van der Waals surface area (Å²) in [4.78, 5) is 16.0. The first kappa shape index (κ1) is 15.4. The van der Waals surface area contributed by atoms with E-state index in [-0.39, 0.29) is 0 Å². The molecule has 0 unspecified atom stereocenters. The summed E-state index contributed by atoms with van der Waals surface area (Å²) in [5, 5.41) is 0.962. The molecule has 132 valence electrons. The summed E-state index contributed by atoms with van der Waals surface area (Å²) in [5.74, 6) is 1.33. The Morgan fingerprint density at radius 1 is 1.15 bits per heavy atom. The molecule has 3 aromatic heterocycles. The fourth-order valence-electron chi connectivity index (χ4n) is 4.36. The average Bonchev–Trinajstić information content (AvgIpc) is 3.38. The number of aromatic nitrogens is 5. The molecule has 6 nitrogen and oxygen atoms in total. The normalized spacial score (nSPS) is 20.3. The van der Waals surface area contributed by atoms with Gasteiger partial charge < -0.3 is 15.3 Å². The Kier molecular flexibility index (Phi) is 3.62. The van der Waals surface area contributed by atoms with Crippen molar-refractivity contribution in [2.45, 2.75) is 38.1 Å². The van der Waals surface area contributed by atoms with Crippen LogP contribution in [0.3, 0.4) is 0 Å². The number of aromatic amines is 1. The number of rotatable bonds is 4. The summed E-state index contributed by atoms with van der Waals surface area (Å²) < 4.78 is 2.30. The lowest BCUT2D eigenvalue weighted by atomic mass is 9.98. The molecular weight excluding hydrogens is 324 g/mol. The lowest BCUT2D eigenvalue weighted by Gasteiger charge is -2.14. The monoisotopic (exact) mass is 346 g/mol. The Balaban J connectivity index is 1.27. The number of fused-ring (bicyclic) bond motifs is 2. The van der Waals surface area contributed by atoms with Gasteiger partial charge >= 0.3 is 0 Å². The summed E-state index contributed by atoms with van der Waals surface area (Å²) in [6.07, 6.45) is 11.5. The molecule has 4 aromatic rings. The van der Waals surface area contributed by atoms with Crippen LogP contribution in [0.2, 0.25) is 0 Å². The van der Waals surface area contributed by atoms with Gasteiger partial charge in [0.1, 0.15) is 17.8 Å². The minimum absolute atomic E-state index is 0.516. The molecule has 26 heavy (non-hydrogen) atoms. The van der Waals surface area contributed by atoms with Gasteiger partial charge in [0.2, 0.25) is 0 Å². The second-order valence-corrected chi connectivity index (χ2v) is 7.34. The standard InChI is InChI=1S/C20H22N6/c21-19-16-7-8-26(20(16)25-12-24-19)15-5-3-13(9-15)1-2-14-4-6-17-18(10-14)23-11-22-17/h4,6-8,10-13,15H,1-3,5,9H2,(H,22,23)(H2,21,24,25)/t13-,15+/m1/s1. The fourth-order valence-corrected chi connectivity index (χ4v) is 4.36. The molecule has 6 heteroatoms. The predicted molar refractivity (Wildman–Crippen MR) is 103 cm³/mol. The molecule has 1 saturated carbocycles. The highest BCUT2D eigenvalue weighted by Crippen LogP contribution is 2.39. The largest absolute Gasteiger partial charge is 0.383 e. The number of nitrogens with zero attached hydrogens (tertiary/aromatic N) is 4. The molecule has 0 radical (unpaired) electrons. The molecule has 0 amide bonds. The maximum absolute atomic E-state index is 5.97. The van der Waals surface area contributed by atoms with Crippen LogP contribution < -0.4 is 5.73 Å². The molecule has 0 saturated heterocycles. The third kappa shape index (κ3) is 2.62. The lowest BCUT2D eigenvalue weighted by molar-refractivity contribution is 0.461. The molecule has 1 aliphatic rings. The second kappa shape index (κ2) is 6.12. The molecule has 5 rings (SSSR count). The Hall–Kier alpha value is -2.89. The lowest BCUT2D eigenvalue weighted by Crippen LogP contribution is -2.06. The van der Waals surface area contributed by atoms with Crippen LogP contribution in [0.25, 0.3) is 22.1 Å². The second-order valence-electron chi connectivity index (χ2n) is 7.34. The quantitative estimate of drug-likeness (QED) is 0.587. The Morgan fingerprint density at radius 3 is 3.08 bits per heavy atom. The maximum atomic E-state index is 5.97. The van der Waals surface area contributed by atoms with Gasteiger partial charge in [0.25, 0.3) is 0 Å². The van der Waals surface area contributed by atoms with Crippen LogP contribution in [0.15, 0.2) is 43.1 Å². The van der Waals surface area contributed by atoms with Crippen molar-refractivity contribution < 1.29 is 0 Å². The van der Waals surface area contributed by atoms with E-state index in [1.807, 2.05) is 6.07 Å². The molecular formula is C20H22N6. The number of nitrogens with two attached hydrogens (primary N) is 1. The minimum atomic E-state index is 0.516. The maximum Gasteiger partial charge on any atom is 0.145 e. The third-order valence-corrected chi connectivity index (χ3v) is 5.77. The Morgan fingerprint density at radius 2 is 2.12 bits per heavy atom. The van der Waals surface area contributed by atoms with Crippen LogP contribution in [0.1, 0.15) is 37.3 Å². The van der Waals surface area contributed by atoms with Crippen molar-refractivity contribution in [3.63, 3.8) is 0 Å². The zero-order valence-corrected chi connectivity index (χ0v) is 14.6. The van der Waals surface area contributed by atoms with Crippen molar-refractivity contribution in [1.82, 2.24) is 24.5 Å². The molecule has 3 heterocycles. The Bertz CT molecular complexity index is 1060. The predicted octanol–water partition coefficient (Wildman–Crippen LogP) is 3.86. The van der Waals surface area contributed by atoms with Gasteiger partial charge in [-0.05, 0) is 61.8 Å². The number of nitrogen functional groups attached to an aromatic ring is 1. The topological polar surface area (TPSA) is 85.4 Å². The minimum Gasteiger partial charge on any atom is -0.383 e. The summed E-state index contributed by atoms with van der Waals surface area (Å²) in [6, 6.07) is 9.09. The highest BCUT2D eigenvalue weighted by molar-refractivity contribution is 5.86. The molecule has 1 fully saturated rings. The van der Waals surface area contributed by atoms with E-state index < -0.39 is 0 Å². The molecule has 0 bridgehead atoms. The van der Waals surface area contributed by atoms with Gasteiger partial charge in [0.15, 0.2) is 0 Å². The van der Waals surface area contributed by atoms with Gasteiger partial charge in [-0.25, -0.2) is 15.0 Å². The number of aryl methyl sites for hydroxylation is 1. The van der Waals surface area contributed by atoms with E-state index in [0.29, 0.717) is 11.9 Å². The first-order chi connectivity index (χ1) is 12.8. The average molecular weight is 346 g/mol. The number of hydrogen-bond donors (Lipinski definition) is 2. The zero-order valence-electron chi connectivity index (χ0n) is 14.6. The van der Waals surface area contributed by atoms with Crippen LogP contribution in [-0.4, -0.2) is 24.5 Å². The van der Waals surface area contributed by atoms with E-state index in [1.54, 1.807) is 12.7 Å². The number of hydrogen-bond acceptors (Lipinski definition) is 4. The van der Waals surface area contributed by atoms with Gasteiger partial charge in [-0.1, -0.05) is 6.07 Å². The van der Waals surface area contributed by atoms with E-state index in [0.717, 1.165) is 34.4 Å². The smallest absolute Gasteiger partial charge is 0.145 e. The van der Waals surface area contributed by atoms with Gasteiger partial charge in [0, 0.05) is 12.2 Å². The first-order valence-electron chi connectivity index (χ1n) is 9.27.